The van der Waals surface area contributed by atoms with Gasteiger partial charge in [0.15, 0.2) is 0 Å². The fourth-order valence-corrected chi connectivity index (χ4v) is 6.26. The van der Waals surface area contributed by atoms with Gasteiger partial charge in [-0.2, -0.15) is 0 Å². The van der Waals surface area contributed by atoms with Crippen LogP contribution in [0.15, 0.2) is 24.3 Å². The van der Waals surface area contributed by atoms with Gasteiger partial charge in [0.05, 0.1) is 30.1 Å². The van der Waals surface area contributed by atoms with E-state index in [1.165, 1.54) is 4.90 Å². The summed E-state index contributed by atoms with van der Waals surface area (Å²) in [5, 5.41) is 16.4. The number of halogens is 1. The van der Waals surface area contributed by atoms with E-state index < -0.39 is 41.0 Å². The van der Waals surface area contributed by atoms with Crippen molar-refractivity contribution in [2.24, 2.45) is 17.8 Å². The topological polar surface area (TPSA) is 108 Å². The number of rotatable bonds is 7. The molecular weight excluding hydrogens is 446 g/mol. The van der Waals surface area contributed by atoms with Crippen LogP contribution in [-0.4, -0.2) is 64.7 Å². The molecule has 1 aromatic carbocycles. The smallest absolute Gasteiger partial charge is 0.250 e. The van der Waals surface area contributed by atoms with Crippen LogP contribution in [0.4, 0.5) is 5.69 Å². The van der Waals surface area contributed by atoms with Crippen molar-refractivity contribution in [1.82, 2.24) is 10.2 Å². The van der Waals surface area contributed by atoms with E-state index in [0.29, 0.717) is 23.6 Å². The molecule has 0 aliphatic carbocycles. The molecular formula is C24H32ClN3O5. The maximum Gasteiger partial charge on any atom is 0.250 e. The van der Waals surface area contributed by atoms with Gasteiger partial charge in [0.25, 0.3) is 0 Å². The van der Waals surface area contributed by atoms with Crippen molar-refractivity contribution in [1.29, 1.82) is 0 Å². The molecule has 0 radical (unpaired) electrons. The third-order valence-electron chi connectivity index (χ3n) is 7.95. The molecule has 1 aromatic rings. The van der Waals surface area contributed by atoms with E-state index in [-0.39, 0.29) is 24.3 Å². The molecule has 3 aliphatic rings. The van der Waals surface area contributed by atoms with Gasteiger partial charge in [0.1, 0.15) is 11.6 Å². The summed E-state index contributed by atoms with van der Waals surface area (Å²) in [4.78, 5) is 42.1. The zero-order valence-corrected chi connectivity index (χ0v) is 20.2. The van der Waals surface area contributed by atoms with Gasteiger partial charge in [-0.3, -0.25) is 14.4 Å². The van der Waals surface area contributed by atoms with Gasteiger partial charge < -0.3 is 25.4 Å². The maximum atomic E-state index is 13.9. The van der Waals surface area contributed by atoms with Crippen LogP contribution in [0.5, 0.6) is 0 Å². The predicted molar refractivity (Wildman–Crippen MR) is 124 cm³/mol. The van der Waals surface area contributed by atoms with Crippen molar-refractivity contribution < 1.29 is 24.2 Å². The van der Waals surface area contributed by atoms with E-state index >= 15 is 0 Å². The highest BCUT2D eigenvalue weighted by atomic mass is 35.5. The lowest BCUT2D eigenvalue weighted by Crippen LogP contribution is -2.57. The van der Waals surface area contributed by atoms with Crippen molar-refractivity contribution in [2.75, 3.05) is 19.0 Å². The number of amides is 3. The van der Waals surface area contributed by atoms with Crippen LogP contribution >= 0.6 is 11.6 Å². The molecule has 3 aliphatic heterocycles. The van der Waals surface area contributed by atoms with Gasteiger partial charge >= 0.3 is 0 Å². The average molecular weight is 478 g/mol. The molecule has 8 nitrogen and oxygen atoms in total. The molecule has 3 N–H and O–H groups in total. The highest BCUT2D eigenvalue weighted by molar-refractivity contribution is 6.30. The summed E-state index contributed by atoms with van der Waals surface area (Å²) in [5.74, 6) is -2.49. The molecule has 2 unspecified atom stereocenters. The summed E-state index contributed by atoms with van der Waals surface area (Å²) < 4.78 is 6.52. The summed E-state index contributed by atoms with van der Waals surface area (Å²) in [5.41, 5.74) is -1.40. The first-order valence-corrected chi connectivity index (χ1v) is 11.9. The molecule has 4 rings (SSSR count). The minimum absolute atomic E-state index is 0.0498. The van der Waals surface area contributed by atoms with Gasteiger partial charge in [-0.05, 0) is 49.9 Å². The van der Waals surface area contributed by atoms with Crippen molar-refractivity contribution in [2.45, 2.75) is 63.3 Å². The highest BCUT2D eigenvalue weighted by Crippen LogP contribution is 2.63. The number of nitrogens with zero attached hydrogens (tertiary/aromatic N) is 1. The predicted octanol–water partition coefficient (Wildman–Crippen LogP) is 2.20. The molecule has 3 heterocycles. The molecule has 3 fully saturated rings. The Labute approximate surface area is 199 Å². The average Bonchev–Trinajstić information content (AvgIpc) is 3.36. The molecule has 180 valence electrons. The minimum atomic E-state index is -1.12. The van der Waals surface area contributed by atoms with E-state index in [0.717, 1.165) is 6.42 Å². The number of hydrogen-bond donors (Lipinski definition) is 3. The second-order valence-corrected chi connectivity index (χ2v) is 10.2. The second kappa shape index (κ2) is 8.56. The van der Waals surface area contributed by atoms with E-state index in [9.17, 15) is 19.5 Å². The normalized spacial score (nSPS) is 34.2. The quantitative estimate of drug-likeness (QED) is 0.558. The Bertz CT molecular complexity index is 956. The maximum absolute atomic E-state index is 13.9. The lowest BCUT2D eigenvalue weighted by Gasteiger charge is -2.39. The summed E-state index contributed by atoms with van der Waals surface area (Å²) >= 11 is 5.98. The molecule has 0 saturated carbocycles. The number of hydrogen-bond acceptors (Lipinski definition) is 5. The first kappa shape index (κ1) is 24.0. The number of nitrogens with one attached hydrogen (secondary N) is 2. The summed E-state index contributed by atoms with van der Waals surface area (Å²) in [6, 6.07) is 5.20. The van der Waals surface area contributed by atoms with E-state index in [1.807, 2.05) is 20.8 Å². The number of aliphatic hydroxyl groups is 1. The fraction of sp³-hybridized carbons (Fsp3) is 0.625. The third kappa shape index (κ3) is 3.54. The van der Waals surface area contributed by atoms with Crippen molar-refractivity contribution >= 4 is 35.0 Å². The monoisotopic (exact) mass is 477 g/mol. The van der Waals surface area contributed by atoms with Crippen LogP contribution in [0.2, 0.25) is 5.02 Å². The Balaban J connectivity index is 1.79. The largest absolute Gasteiger partial charge is 0.394 e. The molecule has 1 spiro atoms. The number of ether oxygens (including phenoxy) is 1. The number of carbonyl (C=O) groups excluding carboxylic acids is 3. The number of likely N-dealkylation sites (tertiary alicyclic amines) is 1. The number of anilines is 1. The summed E-state index contributed by atoms with van der Waals surface area (Å²) in [6.45, 7) is 5.50. The Morgan fingerprint density at radius 3 is 2.52 bits per heavy atom. The zero-order chi connectivity index (χ0) is 24.1. The Hall–Kier alpha value is -2.16. The molecule has 7 atom stereocenters. The Kier molecular flexibility index (Phi) is 6.22. The van der Waals surface area contributed by atoms with Crippen LogP contribution in [0, 0.1) is 17.8 Å². The number of carbonyl (C=O) groups is 3. The third-order valence-corrected chi connectivity index (χ3v) is 8.20. The van der Waals surface area contributed by atoms with Crippen LogP contribution in [0.3, 0.4) is 0 Å². The van der Waals surface area contributed by atoms with E-state index in [1.54, 1.807) is 31.3 Å². The lowest BCUT2D eigenvalue weighted by atomic mass is 9.66. The van der Waals surface area contributed by atoms with Crippen LogP contribution in [0.1, 0.15) is 40.0 Å². The van der Waals surface area contributed by atoms with Crippen molar-refractivity contribution in [3.8, 4) is 0 Å². The lowest BCUT2D eigenvalue weighted by molar-refractivity contribution is -0.149. The first-order chi connectivity index (χ1) is 15.6. The van der Waals surface area contributed by atoms with Crippen LogP contribution < -0.4 is 10.6 Å². The van der Waals surface area contributed by atoms with Gasteiger partial charge in [-0.1, -0.05) is 31.9 Å². The first-order valence-electron chi connectivity index (χ1n) is 11.5. The number of aliphatic hydroxyl groups excluding tert-OH is 1. The van der Waals surface area contributed by atoms with Gasteiger partial charge in [0.2, 0.25) is 17.7 Å². The van der Waals surface area contributed by atoms with Crippen LogP contribution in [-0.2, 0) is 19.1 Å². The molecule has 33 heavy (non-hydrogen) atoms. The summed E-state index contributed by atoms with van der Waals surface area (Å²) in [6.07, 6.45) is 1.78. The van der Waals surface area contributed by atoms with Crippen LogP contribution in [0.25, 0.3) is 0 Å². The number of fused-ring (bicyclic) bond motifs is 1. The molecule has 3 amide bonds. The van der Waals surface area contributed by atoms with Crippen molar-refractivity contribution in [3.63, 3.8) is 0 Å². The van der Waals surface area contributed by atoms with Gasteiger partial charge in [0, 0.05) is 17.8 Å². The zero-order valence-electron chi connectivity index (χ0n) is 19.4. The van der Waals surface area contributed by atoms with Gasteiger partial charge in [-0.15, -0.1) is 0 Å². The van der Waals surface area contributed by atoms with E-state index in [4.69, 9.17) is 16.3 Å². The summed E-state index contributed by atoms with van der Waals surface area (Å²) in [7, 11) is 1.54. The van der Waals surface area contributed by atoms with E-state index in [2.05, 4.69) is 10.6 Å². The minimum Gasteiger partial charge on any atom is -0.394 e. The fourth-order valence-electron chi connectivity index (χ4n) is 6.14. The standard InChI is InChI=1S/C24H32ClN3O5/c1-5-13(2)16(12-29)28-19(21(31)27-15-8-6-14(25)7-9-15)24-11-10-23(3,33-24)17(20(30)26-4)18(24)22(28)32/h6-9,13,16-19,29H,5,10-12H2,1-4H3,(H,26,30)(H,27,31)/t13-,16-,17+,18-,19?,23-,24?/m0/s1. The SMILES string of the molecule is CC[C@H](C)[C@H](CO)N1C(=O)[C@@H]2[C@H](C(=O)NC)[C@]3(C)CCC2(O3)C1C(=O)Nc1ccc(Cl)cc1. The number of benzene rings is 1. The highest BCUT2D eigenvalue weighted by Gasteiger charge is 2.78. The van der Waals surface area contributed by atoms with Gasteiger partial charge in [-0.25, -0.2) is 0 Å². The molecule has 0 aromatic heterocycles. The molecule has 3 saturated heterocycles. The molecule has 2 bridgehead atoms. The Morgan fingerprint density at radius 1 is 1.27 bits per heavy atom. The Morgan fingerprint density at radius 2 is 1.94 bits per heavy atom. The second-order valence-electron chi connectivity index (χ2n) is 9.72. The molecule has 9 heteroatoms. The van der Waals surface area contributed by atoms with Crippen molar-refractivity contribution in [3.05, 3.63) is 29.3 Å².